The number of para-hydroxylation sites is 1. The van der Waals surface area contributed by atoms with Crippen LogP contribution in [0.2, 0.25) is 0 Å². The van der Waals surface area contributed by atoms with Crippen LogP contribution in [0.1, 0.15) is 38.2 Å². The second-order valence-electron chi connectivity index (χ2n) is 6.98. The zero-order valence-corrected chi connectivity index (χ0v) is 19.4. The number of hydrogen-bond donors (Lipinski definition) is 2. The fourth-order valence-electron chi connectivity index (χ4n) is 3.82. The van der Waals surface area contributed by atoms with E-state index in [1.807, 2.05) is 34.9 Å². The Kier molecular flexibility index (Phi) is 9.21. The average molecular weight is 502 g/mol. The van der Waals surface area contributed by atoms with E-state index in [9.17, 15) is 4.79 Å². The maximum Gasteiger partial charge on any atom is 0.248 e. The SMILES string of the molecule is CCNC(=NCC(=O)N1CCCc2ccccc21)NC1CCC(SC)C1.I. The number of aliphatic imine (C=N–C) groups is 1. The molecule has 5 nitrogen and oxygen atoms in total. The van der Waals surface area contributed by atoms with Crippen molar-refractivity contribution in [3.05, 3.63) is 29.8 Å². The minimum Gasteiger partial charge on any atom is -0.357 e. The molecule has 150 valence electrons. The first-order valence-corrected chi connectivity index (χ1v) is 11.0. The van der Waals surface area contributed by atoms with Gasteiger partial charge >= 0.3 is 0 Å². The molecule has 1 saturated carbocycles. The molecule has 0 spiro atoms. The summed E-state index contributed by atoms with van der Waals surface area (Å²) >= 11 is 1.95. The summed E-state index contributed by atoms with van der Waals surface area (Å²) in [4.78, 5) is 19.2. The van der Waals surface area contributed by atoms with Crippen molar-refractivity contribution in [2.75, 3.05) is 30.8 Å². The van der Waals surface area contributed by atoms with E-state index in [-0.39, 0.29) is 36.4 Å². The Morgan fingerprint density at radius 2 is 2.15 bits per heavy atom. The lowest BCUT2D eigenvalue weighted by Gasteiger charge is -2.29. The zero-order valence-electron chi connectivity index (χ0n) is 16.2. The van der Waals surface area contributed by atoms with Crippen molar-refractivity contribution in [1.29, 1.82) is 0 Å². The molecule has 0 radical (unpaired) electrons. The molecule has 2 aliphatic rings. The third-order valence-electron chi connectivity index (χ3n) is 5.19. The second kappa shape index (κ2) is 11.1. The van der Waals surface area contributed by atoms with E-state index in [2.05, 4.69) is 34.9 Å². The molecule has 1 aliphatic heterocycles. The van der Waals surface area contributed by atoms with Crippen molar-refractivity contribution in [2.45, 2.75) is 50.3 Å². The van der Waals surface area contributed by atoms with Gasteiger partial charge in [-0.25, -0.2) is 4.99 Å². The monoisotopic (exact) mass is 502 g/mol. The number of hydrogen-bond acceptors (Lipinski definition) is 3. The molecular weight excluding hydrogens is 471 g/mol. The first kappa shape index (κ1) is 22.3. The predicted octanol–water partition coefficient (Wildman–Crippen LogP) is 3.42. The molecule has 2 unspecified atom stereocenters. The van der Waals surface area contributed by atoms with E-state index in [0.29, 0.717) is 6.04 Å². The Labute approximate surface area is 184 Å². The summed E-state index contributed by atoms with van der Waals surface area (Å²) in [7, 11) is 0. The third kappa shape index (κ3) is 6.01. The van der Waals surface area contributed by atoms with Crippen LogP contribution in [-0.2, 0) is 11.2 Å². The fraction of sp³-hybridized carbons (Fsp3) is 0.600. The van der Waals surface area contributed by atoms with Gasteiger partial charge in [0.15, 0.2) is 5.96 Å². The van der Waals surface area contributed by atoms with E-state index < -0.39 is 0 Å². The maximum absolute atomic E-state index is 12.8. The number of carbonyl (C=O) groups excluding carboxylic acids is 1. The summed E-state index contributed by atoms with van der Waals surface area (Å²) in [5.41, 5.74) is 2.31. The largest absolute Gasteiger partial charge is 0.357 e. The molecule has 2 N–H and O–H groups in total. The van der Waals surface area contributed by atoms with Crippen LogP contribution in [0, 0.1) is 0 Å². The maximum atomic E-state index is 12.8. The standard InChI is InChI=1S/C20H30N4OS.HI/c1-3-21-20(23-16-10-11-17(13-16)26-2)22-14-19(25)24-12-6-8-15-7-4-5-9-18(15)24;/h4-5,7,9,16-17H,3,6,8,10-14H2,1-2H3,(H2,21,22,23);1H. The highest BCUT2D eigenvalue weighted by atomic mass is 127. The number of benzene rings is 1. The van der Waals surface area contributed by atoms with Gasteiger partial charge in [0.25, 0.3) is 0 Å². The van der Waals surface area contributed by atoms with Gasteiger partial charge in [-0.1, -0.05) is 18.2 Å². The van der Waals surface area contributed by atoms with Crippen LogP contribution in [0.5, 0.6) is 0 Å². The number of aryl methyl sites for hydroxylation is 1. The van der Waals surface area contributed by atoms with Crippen LogP contribution < -0.4 is 15.5 Å². The molecule has 27 heavy (non-hydrogen) atoms. The molecule has 3 rings (SSSR count). The van der Waals surface area contributed by atoms with Crippen molar-refractivity contribution in [3.8, 4) is 0 Å². The number of thioether (sulfide) groups is 1. The van der Waals surface area contributed by atoms with Crippen molar-refractivity contribution >= 4 is 53.3 Å². The van der Waals surface area contributed by atoms with Crippen molar-refractivity contribution in [3.63, 3.8) is 0 Å². The van der Waals surface area contributed by atoms with E-state index in [1.165, 1.54) is 24.8 Å². The van der Waals surface area contributed by atoms with Gasteiger partial charge in [0.1, 0.15) is 6.54 Å². The van der Waals surface area contributed by atoms with Crippen LogP contribution >= 0.6 is 35.7 Å². The highest BCUT2D eigenvalue weighted by Gasteiger charge is 2.25. The van der Waals surface area contributed by atoms with Crippen LogP contribution in [0.15, 0.2) is 29.3 Å². The Morgan fingerprint density at radius 1 is 1.33 bits per heavy atom. The number of fused-ring (bicyclic) bond motifs is 1. The molecule has 1 aliphatic carbocycles. The van der Waals surface area contributed by atoms with E-state index in [4.69, 9.17) is 0 Å². The summed E-state index contributed by atoms with van der Waals surface area (Å²) in [6.45, 7) is 3.82. The smallest absolute Gasteiger partial charge is 0.248 e. The topological polar surface area (TPSA) is 56.7 Å². The second-order valence-corrected chi connectivity index (χ2v) is 8.12. The van der Waals surface area contributed by atoms with Crippen LogP contribution in [0.4, 0.5) is 5.69 Å². The molecule has 0 bridgehead atoms. The molecule has 1 amide bonds. The number of nitrogens with zero attached hydrogens (tertiary/aromatic N) is 2. The number of carbonyl (C=O) groups is 1. The van der Waals surface area contributed by atoms with E-state index >= 15 is 0 Å². The highest BCUT2D eigenvalue weighted by molar-refractivity contribution is 14.0. The fourth-order valence-corrected chi connectivity index (χ4v) is 4.62. The zero-order chi connectivity index (χ0) is 18.4. The van der Waals surface area contributed by atoms with Gasteiger partial charge in [0.05, 0.1) is 0 Å². The molecule has 0 saturated heterocycles. The van der Waals surface area contributed by atoms with Gasteiger partial charge in [-0.15, -0.1) is 24.0 Å². The molecule has 1 aromatic carbocycles. The van der Waals surface area contributed by atoms with E-state index in [0.717, 1.165) is 42.8 Å². The molecule has 7 heteroatoms. The average Bonchev–Trinajstić information content (AvgIpc) is 3.13. The molecular formula is C20H31IN4OS. The third-order valence-corrected chi connectivity index (χ3v) is 6.28. The lowest BCUT2D eigenvalue weighted by atomic mass is 10.0. The summed E-state index contributed by atoms with van der Waals surface area (Å²) in [6, 6.07) is 8.66. The lowest BCUT2D eigenvalue weighted by molar-refractivity contribution is -0.117. The van der Waals surface area contributed by atoms with Gasteiger partial charge in [0.2, 0.25) is 5.91 Å². The Hall–Kier alpha value is -0.960. The van der Waals surface area contributed by atoms with Gasteiger partial charge in [0, 0.05) is 30.1 Å². The van der Waals surface area contributed by atoms with Crippen molar-refractivity contribution in [1.82, 2.24) is 10.6 Å². The Balaban J connectivity index is 0.00000261. The molecule has 1 heterocycles. The normalized spacial score (nSPS) is 22.0. The first-order chi connectivity index (χ1) is 12.7. The number of anilines is 1. The number of guanidine groups is 1. The van der Waals surface area contributed by atoms with Crippen LogP contribution in [0.3, 0.4) is 0 Å². The summed E-state index contributed by atoms with van der Waals surface area (Å²) in [6.07, 6.45) is 7.83. The van der Waals surface area contributed by atoms with Gasteiger partial charge < -0.3 is 15.5 Å². The van der Waals surface area contributed by atoms with E-state index in [1.54, 1.807) is 0 Å². The number of nitrogens with one attached hydrogen (secondary N) is 2. The molecule has 0 aromatic heterocycles. The Morgan fingerprint density at radius 3 is 2.89 bits per heavy atom. The molecule has 1 fully saturated rings. The van der Waals surface area contributed by atoms with Crippen molar-refractivity contribution < 1.29 is 4.79 Å². The van der Waals surface area contributed by atoms with Crippen molar-refractivity contribution in [2.24, 2.45) is 4.99 Å². The Bertz CT molecular complexity index is 655. The highest BCUT2D eigenvalue weighted by Crippen LogP contribution is 2.28. The minimum absolute atomic E-state index is 0. The first-order valence-electron chi connectivity index (χ1n) is 9.67. The predicted molar refractivity (Wildman–Crippen MR) is 127 cm³/mol. The summed E-state index contributed by atoms with van der Waals surface area (Å²) in [5.74, 6) is 0.834. The van der Waals surface area contributed by atoms with Crippen LogP contribution in [-0.4, -0.2) is 49.0 Å². The number of amides is 1. The summed E-state index contributed by atoms with van der Waals surface area (Å²) in [5, 5.41) is 7.53. The van der Waals surface area contributed by atoms with Gasteiger partial charge in [-0.3, -0.25) is 4.79 Å². The van der Waals surface area contributed by atoms with Gasteiger partial charge in [-0.05, 0) is 56.9 Å². The van der Waals surface area contributed by atoms with Gasteiger partial charge in [-0.2, -0.15) is 11.8 Å². The number of rotatable bonds is 5. The molecule has 1 aromatic rings. The quantitative estimate of drug-likeness (QED) is 0.368. The summed E-state index contributed by atoms with van der Waals surface area (Å²) < 4.78 is 0. The lowest BCUT2D eigenvalue weighted by Crippen LogP contribution is -2.44. The number of halogens is 1. The minimum atomic E-state index is 0. The van der Waals surface area contributed by atoms with Crippen LogP contribution in [0.25, 0.3) is 0 Å². The molecule has 2 atom stereocenters.